The van der Waals surface area contributed by atoms with Crippen molar-refractivity contribution in [1.29, 1.82) is 0 Å². The molecule has 1 aromatic carbocycles. The third kappa shape index (κ3) is 3.32. The molecule has 0 radical (unpaired) electrons. The predicted molar refractivity (Wildman–Crippen MR) is 93.0 cm³/mol. The topological polar surface area (TPSA) is 67.3 Å². The van der Waals surface area contributed by atoms with E-state index >= 15 is 0 Å². The molecule has 1 fully saturated rings. The Kier molecular flexibility index (Phi) is 4.64. The monoisotopic (exact) mass is 326 g/mol. The first-order valence-corrected chi connectivity index (χ1v) is 8.17. The van der Waals surface area contributed by atoms with Gasteiger partial charge in [-0.2, -0.15) is 4.98 Å². The van der Waals surface area contributed by atoms with Crippen LogP contribution in [0.5, 0.6) is 0 Å². The van der Waals surface area contributed by atoms with Gasteiger partial charge in [-0.15, -0.1) is 0 Å². The van der Waals surface area contributed by atoms with Gasteiger partial charge < -0.3 is 10.1 Å². The second kappa shape index (κ2) is 6.86. The largest absolute Gasteiger partial charge is 0.447 e. The van der Waals surface area contributed by atoms with Gasteiger partial charge in [0.2, 0.25) is 5.95 Å². The van der Waals surface area contributed by atoms with Crippen molar-refractivity contribution in [2.24, 2.45) is 5.92 Å². The first-order valence-electron chi connectivity index (χ1n) is 8.17. The van der Waals surface area contributed by atoms with Crippen LogP contribution in [-0.4, -0.2) is 28.7 Å². The van der Waals surface area contributed by atoms with Crippen molar-refractivity contribution < 1.29 is 9.53 Å². The van der Waals surface area contributed by atoms with Crippen LogP contribution in [-0.2, 0) is 4.74 Å². The van der Waals surface area contributed by atoms with Gasteiger partial charge >= 0.3 is 6.09 Å². The Hall–Kier alpha value is -2.63. The Morgan fingerprint density at radius 1 is 1.21 bits per heavy atom. The summed E-state index contributed by atoms with van der Waals surface area (Å²) in [4.78, 5) is 22.5. The maximum absolute atomic E-state index is 12.1. The molecule has 2 heterocycles. The number of cyclic esters (lactones) is 1. The summed E-state index contributed by atoms with van der Waals surface area (Å²) in [6, 6.07) is 11.9. The van der Waals surface area contributed by atoms with Crippen LogP contribution < -0.4 is 10.2 Å². The van der Waals surface area contributed by atoms with Gasteiger partial charge in [-0.3, -0.25) is 4.90 Å². The number of nitrogens with one attached hydrogen (secondary N) is 1. The van der Waals surface area contributed by atoms with Crippen LogP contribution in [0.15, 0.2) is 42.6 Å². The van der Waals surface area contributed by atoms with E-state index in [1.165, 1.54) is 0 Å². The van der Waals surface area contributed by atoms with Gasteiger partial charge in [0.1, 0.15) is 12.4 Å². The van der Waals surface area contributed by atoms with Gasteiger partial charge in [-0.25, -0.2) is 9.78 Å². The first-order chi connectivity index (χ1) is 11.6. The highest BCUT2D eigenvalue weighted by molar-refractivity contribution is 5.89. The van der Waals surface area contributed by atoms with Crippen molar-refractivity contribution >= 4 is 17.9 Å². The molecule has 1 saturated heterocycles. The molecular formula is C18H22N4O2. The molecule has 1 aliphatic heterocycles. The summed E-state index contributed by atoms with van der Waals surface area (Å²) in [6.07, 6.45) is 1.31. The second-order valence-electron chi connectivity index (χ2n) is 6.27. The van der Waals surface area contributed by atoms with Gasteiger partial charge in [0, 0.05) is 6.20 Å². The lowest BCUT2D eigenvalue weighted by Gasteiger charge is -2.23. The van der Waals surface area contributed by atoms with Crippen LogP contribution in [0.3, 0.4) is 0 Å². The van der Waals surface area contributed by atoms with Crippen molar-refractivity contribution in [3.63, 3.8) is 0 Å². The molecule has 1 amide bonds. The van der Waals surface area contributed by atoms with E-state index in [0.717, 1.165) is 5.56 Å². The Balaban J connectivity index is 1.80. The maximum atomic E-state index is 12.1. The quantitative estimate of drug-likeness (QED) is 0.909. The van der Waals surface area contributed by atoms with Crippen LogP contribution in [0.2, 0.25) is 0 Å². The molecule has 0 spiro atoms. The fraction of sp³-hybridized carbons (Fsp3) is 0.389. The fourth-order valence-electron chi connectivity index (χ4n) is 2.76. The van der Waals surface area contributed by atoms with Gasteiger partial charge in [-0.1, -0.05) is 44.2 Å². The van der Waals surface area contributed by atoms with E-state index in [4.69, 9.17) is 4.74 Å². The molecule has 0 aliphatic carbocycles. The van der Waals surface area contributed by atoms with E-state index in [9.17, 15) is 4.79 Å². The van der Waals surface area contributed by atoms with Gasteiger partial charge in [0.05, 0.1) is 12.1 Å². The molecular weight excluding hydrogens is 304 g/mol. The van der Waals surface area contributed by atoms with Gasteiger partial charge in [0.15, 0.2) is 0 Å². The lowest BCUT2D eigenvalue weighted by atomic mass is 10.0. The lowest BCUT2D eigenvalue weighted by Crippen LogP contribution is -2.37. The Labute approximate surface area is 141 Å². The highest BCUT2D eigenvalue weighted by atomic mass is 16.6. The summed E-state index contributed by atoms with van der Waals surface area (Å²) in [7, 11) is 0. The zero-order chi connectivity index (χ0) is 17.1. The Bertz CT molecular complexity index is 705. The highest BCUT2D eigenvalue weighted by Gasteiger charge is 2.37. The molecule has 1 aliphatic rings. The zero-order valence-electron chi connectivity index (χ0n) is 14.1. The average molecular weight is 326 g/mol. The number of hydrogen-bond acceptors (Lipinski definition) is 5. The Morgan fingerprint density at radius 2 is 1.96 bits per heavy atom. The molecule has 0 bridgehead atoms. The SMILES string of the molecule is CC(C)[C@@H]1COC(=O)N1c1ccnc(N[C@H](C)c2ccccc2)n1. The second-order valence-corrected chi connectivity index (χ2v) is 6.27. The summed E-state index contributed by atoms with van der Waals surface area (Å²) in [5.74, 6) is 1.34. The van der Waals surface area contributed by atoms with Crippen molar-refractivity contribution in [2.45, 2.75) is 32.9 Å². The molecule has 24 heavy (non-hydrogen) atoms. The molecule has 6 heteroatoms. The van der Waals surface area contributed by atoms with E-state index in [-0.39, 0.29) is 24.1 Å². The normalized spacial score (nSPS) is 18.6. The van der Waals surface area contributed by atoms with E-state index in [1.807, 2.05) is 37.3 Å². The molecule has 2 atom stereocenters. The molecule has 0 unspecified atom stereocenters. The van der Waals surface area contributed by atoms with E-state index < -0.39 is 0 Å². The zero-order valence-corrected chi connectivity index (χ0v) is 14.1. The number of hydrogen-bond donors (Lipinski definition) is 1. The van der Waals surface area contributed by atoms with Crippen molar-refractivity contribution in [1.82, 2.24) is 9.97 Å². The molecule has 6 nitrogen and oxygen atoms in total. The molecule has 3 rings (SSSR count). The minimum atomic E-state index is -0.352. The molecule has 1 N–H and O–H groups in total. The van der Waals surface area contributed by atoms with Crippen LogP contribution in [0.4, 0.5) is 16.6 Å². The summed E-state index contributed by atoms with van der Waals surface area (Å²) in [5.41, 5.74) is 1.15. The molecule has 126 valence electrons. The van der Waals surface area contributed by atoms with Crippen LogP contribution in [0.1, 0.15) is 32.4 Å². The van der Waals surface area contributed by atoms with Crippen LogP contribution in [0.25, 0.3) is 0 Å². The number of benzene rings is 1. The minimum absolute atomic E-state index is 0.00760. The first kappa shape index (κ1) is 16.2. The molecule has 1 aromatic heterocycles. The number of carbonyl (C=O) groups excluding carboxylic acids is 1. The van der Waals surface area contributed by atoms with Crippen molar-refractivity contribution in [3.8, 4) is 0 Å². The lowest BCUT2D eigenvalue weighted by molar-refractivity contribution is 0.177. The molecule has 2 aromatic rings. The van der Waals surface area contributed by atoms with Crippen molar-refractivity contribution in [2.75, 3.05) is 16.8 Å². The van der Waals surface area contributed by atoms with Crippen LogP contribution >= 0.6 is 0 Å². The fourth-order valence-corrected chi connectivity index (χ4v) is 2.76. The van der Waals surface area contributed by atoms with Gasteiger partial charge in [0.25, 0.3) is 0 Å². The van der Waals surface area contributed by atoms with Crippen LogP contribution in [0, 0.1) is 5.92 Å². The number of amides is 1. The smallest absolute Gasteiger partial charge is 0.415 e. The highest BCUT2D eigenvalue weighted by Crippen LogP contribution is 2.26. The summed E-state index contributed by atoms with van der Waals surface area (Å²) in [6.45, 7) is 6.57. The molecule has 0 saturated carbocycles. The van der Waals surface area contributed by atoms with E-state index in [1.54, 1.807) is 17.2 Å². The summed E-state index contributed by atoms with van der Waals surface area (Å²) in [5, 5.41) is 3.28. The predicted octanol–water partition coefficient (Wildman–Crippen LogP) is 3.63. The van der Waals surface area contributed by atoms with E-state index in [0.29, 0.717) is 18.4 Å². The van der Waals surface area contributed by atoms with E-state index in [2.05, 4.69) is 29.1 Å². The number of ether oxygens (including phenoxy) is 1. The number of rotatable bonds is 5. The standard InChI is InChI=1S/C18H22N4O2/c1-12(2)15-11-24-18(23)22(15)16-9-10-19-17(21-16)20-13(3)14-7-5-4-6-8-14/h4-10,12-13,15H,11H2,1-3H3,(H,19,20,21)/t13-,15+/m1/s1. The number of aromatic nitrogens is 2. The van der Waals surface area contributed by atoms with Crippen molar-refractivity contribution in [3.05, 3.63) is 48.2 Å². The average Bonchev–Trinajstić information content (AvgIpc) is 2.98. The summed E-state index contributed by atoms with van der Waals surface area (Å²) >= 11 is 0. The Morgan fingerprint density at radius 3 is 2.67 bits per heavy atom. The number of nitrogens with zero attached hydrogens (tertiary/aromatic N) is 3. The number of carbonyl (C=O) groups is 1. The third-order valence-electron chi connectivity index (χ3n) is 4.21. The summed E-state index contributed by atoms with van der Waals surface area (Å²) < 4.78 is 5.19. The van der Waals surface area contributed by atoms with Gasteiger partial charge in [-0.05, 0) is 24.5 Å². The maximum Gasteiger partial charge on any atom is 0.415 e. The minimum Gasteiger partial charge on any atom is -0.447 e. The number of anilines is 2. The third-order valence-corrected chi connectivity index (χ3v) is 4.21.